The minimum atomic E-state index is 0.361. The van der Waals surface area contributed by atoms with Crippen molar-refractivity contribution in [3.63, 3.8) is 0 Å². The third-order valence-electron chi connectivity index (χ3n) is 2.14. The van der Waals surface area contributed by atoms with Crippen LogP contribution < -0.4 is 11.5 Å². The Morgan fingerprint density at radius 3 is 2.64 bits per heavy atom. The molecule has 4 N–H and O–H groups in total. The largest absolute Gasteiger partial charge is 0.383 e. The van der Waals surface area contributed by atoms with Crippen LogP contribution in [0.3, 0.4) is 0 Å². The molecular weight excluding hydrogens is 180 g/mol. The van der Waals surface area contributed by atoms with Crippen LogP contribution in [0.15, 0.2) is 0 Å². The second-order valence-corrected chi connectivity index (χ2v) is 3.14. The van der Waals surface area contributed by atoms with Gasteiger partial charge in [-0.05, 0) is 13.8 Å². The number of anilines is 1. The molecule has 2 aromatic rings. The Bertz CT molecular complexity index is 486. The molecule has 2 rings (SSSR count). The lowest BCUT2D eigenvalue weighted by Crippen LogP contribution is -2.11. The van der Waals surface area contributed by atoms with E-state index in [0.29, 0.717) is 24.0 Å². The zero-order valence-corrected chi connectivity index (χ0v) is 8.15. The number of aryl methyl sites for hydroxylation is 2. The zero-order valence-electron chi connectivity index (χ0n) is 8.15. The lowest BCUT2D eigenvalue weighted by atomic mass is 10.2. The average molecular weight is 192 g/mol. The maximum absolute atomic E-state index is 5.88. The first kappa shape index (κ1) is 8.89. The summed E-state index contributed by atoms with van der Waals surface area (Å²) in [4.78, 5) is 8.39. The van der Waals surface area contributed by atoms with E-state index in [2.05, 4.69) is 15.1 Å². The van der Waals surface area contributed by atoms with Crippen LogP contribution in [0.4, 0.5) is 5.82 Å². The first-order valence-corrected chi connectivity index (χ1v) is 4.32. The summed E-state index contributed by atoms with van der Waals surface area (Å²) in [6.07, 6.45) is 0. The summed E-state index contributed by atoms with van der Waals surface area (Å²) in [7, 11) is 0. The van der Waals surface area contributed by atoms with Gasteiger partial charge in [0, 0.05) is 17.8 Å². The summed E-state index contributed by atoms with van der Waals surface area (Å²) in [6.45, 7) is 4.02. The van der Waals surface area contributed by atoms with Crippen LogP contribution in [0.2, 0.25) is 0 Å². The van der Waals surface area contributed by atoms with Gasteiger partial charge >= 0.3 is 0 Å². The SMILES string of the molecule is Cc1nc2nc(C)c(CN)c(N)n2n1. The van der Waals surface area contributed by atoms with Gasteiger partial charge in [-0.2, -0.15) is 9.50 Å². The van der Waals surface area contributed by atoms with Crippen LogP contribution in [0.5, 0.6) is 0 Å². The number of aromatic nitrogens is 4. The minimum Gasteiger partial charge on any atom is -0.383 e. The van der Waals surface area contributed by atoms with E-state index in [-0.39, 0.29) is 0 Å². The van der Waals surface area contributed by atoms with Gasteiger partial charge < -0.3 is 11.5 Å². The molecule has 0 fully saturated rings. The number of nitrogen functional groups attached to an aromatic ring is 1. The molecule has 0 spiro atoms. The maximum atomic E-state index is 5.88. The smallest absolute Gasteiger partial charge is 0.254 e. The Balaban J connectivity index is 2.84. The molecule has 14 heavy (non-hydrogen) atoms. The number of hydrogen-bond acceptors (Lipinski definition) is 5. The molecule has 0 radical (unpaired) electrons. The highest BCUT2D eigenvalue weighted by Crippen LogP contribution is 2.15. The summed E-state index contributed by atoms with van der Waals surface area (Å²) in [6, 6.07) is 0. The van der Waals surface area contributed by atoms with Crippen LogP contribution >= 0.6 is 0 Å². The molecule has 0 bridgehead atoms. The molecule has 0 aliphatic heterocycles. The van der Waals surface area contributed by atoms with Crippen molar-refractivity contribution in [2.24, 2.45) is 5.73 Å². The number of rotatable bonds is 1. The summed E-state index contributed by atoms with van der Waals surface area (Å²) in [5.41, 5.74) is 13.1. The van der Waals surface area contributed by atoms with Gasteiger partial charge in [0.25, 0.3) is 5.78 Å². The summed E-state index contributed by atoms with van der Waals surface area (Å²) < 4.78 is 1.52. The van der Waals surface area contributed by atoms with Crippen molar-refractivity contribution in [2.45, 2.75) is 20.4 Å². The van der Waals surface area contributed by atoms with Crippen molar-refractivity contribution in [2.75, 3.05) is 5.73 Å². The van der Waals surface area contributed by atoms with Gasteiger partial charge in [-0.25, -0.2) is 4.98 Å². The number of fused-ring (bicyclic) bond motifs is 1. The molecule has 0 saturated heterocycles. The minimum absolute atomic E-state index is 0.361. The monoisotopic (exact) mass is 192 g/mol. The molecule has 6 heteroatoms. The van der Waals surface area contributed by atoms with E-state index >= 15 is 0 Å². The first-order valence-electron chi connectivity index (χ1n) is 4.32. The normalized spacial score (nSPS) is 11.1. The number of hydrogen-bond donors (Lipinski definition) is 2. The Morgan fingerprint density at radius 1 is 1.29 bits per heavy atom. The molecule has 0 atom stereocenters. The van der Waals surface area contributed by atoms with Gasteiger partial charge in [0.1, 0.15) is 11.6 Å². The molecule has 0 saturated carbocycles. The van der Waals surface area contributed by atoms with Crippen molar-refractivity contribution < 1.29 is 0 Å². The van der Waals surface area contributed by atoms with Gasteiger partial charge in [0.2, 0.25) is 0 Å². The lowest BCUT2D eigenvalue weighted by Gasteiger charge is -2.06. The van der Waals surface area contributed by atoms with E-state index in [0.717, 1.165) is 11.3 Å². The van der Waals surface area contributed by atoms with Crippen LogP contribution in [0.1, 0.15) is 17.1 Å². The van der Waals surface area contributed by atoms with E-state index in [1.165, 1.54) is 4.52 Å². The fraction of sp³-hybridized carbons (Fsp3) is 0.375. The Kier molecular flexibility index (Phi) is 1.85. The second-order valence-electron chi connectivity index (χ2n) is 3.14. The Labute approximate surface area is 81.0 Å². The maximum Gasteiger partial charge on any atom is 0.254 e. The molecule has 6 nitrogen and oxygen atoms in total. The highest BCUT2D eigenvalue weighted by molar-refractivity contribution is 5.49. The van der Waals surface area contributed by atoms with Gasteiger partial charge in [-0.1, -0.05) is 0 Å². The third kappa shape index (κ3) is 1.12. The van der Waals surface area contributed by atoms with E-state index in [4.69, 9.17) is 11.5 Å². The second kappa shape index (κ2) is 2.91. The lowest BCUT2D eigenvalue weighted by molar-refractivity contribution is 0.887. The van der Waals surface area contributed by atoms with Crippen molar-refractivity contribution in [1.82, 2.24) is 19.6 Å². The van der Waals surface area contributed by atoms with Crippen molar-refractivity contribution >= 4 is 11.6 Å². The standard InChI is InChI=1S/C8H12N6/c1-4-6(3-9)7(10)14-8(11-4)12-5(2)13-14/h3,9-10H2,1-2H3. The molecule has 0 aliphatic carbocycles. The molecule has 2 aromatic heterocycles. The first-order chi connectivity index (χ1) is 6.63. The molecule has 0 aromatic carbocycles. The summed E-state index contributed by atoms with van der Waals surface area (Å²) in [5.74, 6) is 1.70. The van der Waals surface area contributed by atoms with Crippen molar-refractivity contribution in [3.05, 3.63) is 17.1 Å². The Morgan fingerprint density at radius 2 is 2.00 bits per heavy atom. The number of nitrogens with zero attached hydrogens (tertiary/aromatic N) is 4. The van der Waals surface area contributed by atoms with Gasteiger partial charge in [-0.15, -0.1) is 5.10 Å². The molecule has 0 amide bonds. The van der Waals surface area contributed by atoms with Gasteiger partial charge in [0.05, 0.1) is 0 Å². The molecule has 2 heterocycles. The predicted molar refractivity (Wildman–Crippen MR) is 52.6 cm³/mol. The van der Waals surface area contributed by atoms with E-state index in [1.807, 2.05) is 6.92 Å². The molecule has 74 valence electrons. The fourth-order valence-corrected chi connectivity index (χ4v) is 1.42. The van der Waals surface area contributed by atoms with Crippen LogP contribution in [-0.2, 0) is 6.54 Å². The average Bonchev–Trinajstić information content (AvgIpc) is 2.47. The summed E-state index contributed by atoms with van der Waals surface area (Å²) in [5, 5.41) is 4.12. The van der Waals surface area contributed by atoms with E-state index in [1.54, 1.807) is 6.92 Å². The molecule has 0 unspecified atom stereocenters. The Hall–Kier alpha value is -1.69. The molecule has 0 aliphatic rings. The topological polar surface area (TPSA) is 95.1 Å². The van der Waals surface area contributed by atoms with Crippen LogP contribution in [0, 0.1) is 13.8 Å². The third-order valence-corrected chi connectivity index (χ3v) is 2.14. The predicted octanol–water partition coefficient (Wildman–Crippen LogP) is -0.218. The van der Waals surface area contributed by atoms with Crippen molar-refractivity contribution in [3.8, 4) is 0 Å². The summed E-state index contributed by atoms with van der Waals surface area (Å²) >= 11 is 0. The van der Waals surface area contributed by atoms with E-state index in [9.17, 15) is 0 Å². The van der Waals surface area contributed by atoms with Crippen molar-refractivity contribution in [1.29, 1.82) is 0 Å². The van der Waals surface area contributed by atoms with Gasteiger partial charge in [0.15, 0.2) is 0 Å². The highest BCUT2D eigenvalue weighted by atomic mass is 15.4. The zero-order chi connectivity index (χ0) is 10.3. The van der Waals surface area contributed by atoms with E-state index < -0.39 is 0 Å². The van der Waals surface area contributed by atoms with Crippen LogP contribution in [0.25, 0.3) is 5.78 Å². The quantitative estimate of drug-likeness (QED) is 0.651. The fourth-order valence-electron chi connectivity index (χ4n) is 1.42. The van der Waals surface area contributed by atoms with Gasteiger partial charge in [-0.3, -0.25) is 0 Å². The highest BCUT2D eigenvalue weighted by Gasteiger charge is 2.10. The number of nitrogens with two attached hydrogens (primary N) is 2. The van der Waals surface area contributed by atoms with Crippen LogP contribution in [-0.4, -0.2) is 19.6 Å². The molecular formula is C8H12N6.